The molecule has 2 aromatic heterocycles. The number of benzene rings is 2. The minimum Gasteiger partial charge on any atom is -0.459 e. The maximum atomic E-state index is 13.9. The van der Waals surface area contributed by atoms with Crippen molar-refractivity contribution in [3.63, 3.8) is 0 Å². The number of nitriles is 1. The normalized spacial score (nSPS) is 23.3. The zero-order chi connectivity index (χ0) is 42.9. The van der Waals surface area contributed by atoms with Gasteiger partial charge in [-0.3, -0.25) is 4.90 Å². The number of nitrogens with zero attached hydrogens (tertiary/aromatic N) is 7. The standard InChI is InChI=1S/C44H57N9O5SSi/c1-29(33-20-15-23-52(33)7)56-41-49-38(36(46)51-57-39(54)44(6)22-14-21-34-35(44)32(26-45)37(47)59-34)48-40(50-41)53-24-25-55-28-43(5,27-53)58-60(42(2,3)4,30-16-10-8-11-17-30)31-18-12-9-13-19-31/h8-13,16-19,29,33H,14-15,20-25,27-28,47H2,1-7H3,(H2,46,51)/t29-,33-,43?,44-/m0/s1. The number of aryl methyl sites for hydroxylation is 1. The summed E-state index contributed by atoms with van der Waals surface area (Å²) in [6, 6.07) is 23.5. The van der Waals surface area contributed by atoms with E-state index in [-0.39, 0.29) is 34.9 Å². The van der Waals surface area contributed by atoms with Crippen molar-refractivity contribution in [2.24, 2.45) is 10.9 Å². The van der Waals surface area contributed by atoms with Gasteiger partial charge in [-0.25, -0.2) is 4.79 Å². The van der Waals surface area contributed by atoms with E-state index >= 15 is 0 Å². The molecule has 1 unspecified atom stereocenters. The zero-order valence-electron chi connectivity index (χ0n) is 35.7. The molecule has 0 spiro atoms. The molecular formula is C44H57N9O5SSi. The van der Waals surface area contributed by atoms with Crippen LogP contribution in [0.2, 0.25) is 5.04 Å². The topological polar surface area (TPSA) is 187 Å². The van der Waals surface area contributed by atoms with E-state index < -0.39 is 25.3 Å². The molecule has 4 N–H and O–H groups in total. The number of rotatable bonds is 11. The molecule has 4 heterocycles. The zero-order valence-corrected chi connectivity index (χ0v) is 37.6. The SMILES string of the molecule is C[C@H](Oc1nc(/C(N)=N/OC(=O)[C@@]2(C)CCCc3sc(N)c(C#N)c32)nc(N2CCOCC(C)(O[Si](c3ccccc3)(c3ccccc3)C(C)(C)C)C2)n1)[C@@H]1CCCN1C. The number of amidine groups is 1. The van der Waals surface area contributed by atoms with Crippen LogP contribution in [-0.4, -0.2) is 97.6 Å². The summed E-state index contributed by atoms with van der Waals surface area (Å²) in [5.41, 5.74) is 11.7. The van der Waals surface area contributed by atoms with Crippen LogP contribution in [0.25, 0.3) is 0 Å². The number of thiophene rings is 1. The molecule has 14 nitrogen and oxygen atoms in total. The van der Waals surface area contributed by atoms with Crippen molar-refractivity contribution in [1.82, 2.24) is 19.9 Å². The largest absolute Gasteiger partial charge is 0.459 e. The number of hydrogen-bond acceptors (Lipinski definition) is 14. The Labute approximate surface area is 358 Å². The molecule has 7 rings (SSSR count). The summed E-state index contributed by atoms with van der Waals surface area (Å²) in [5, 5.41) is 16.4. The van der Waals surface area contributed by atoms with Crippen molar-refractivity contribution in [3.8, 4) is 12.1 Å². The van der Waals surface area contributed by atoms with Gasteiger partial charge in [0.25, 0.3) is 8.32 Å². The fourth-order valence-corrected chi connectivity index (χ4v) is 15.2. The number of carbonyl (C=O) groups excluding carboxylic acids is 1. The van der Waals surface area contributed by atoms with E-state index in [1.54, 1.807) is 6.92 Å². The van der Waals surface area contributed by atoms with Crippen molar-refractivity contribution >= 4 is 52.8 Å². The van der Waals surface area contributed by atoms with Gasteiger partial charge in [0.15, 0.2) is 0 Å². The van der Waals surface area contributed by atoms with Crippen LogP contribution in [0.1, 0.15) is 89.1 Å². The smallest absolute Gasteiger partial charge is 0.345 e. The molecule has 60 heavy (non-hydrogen) atoms. The molecule has 4 aromatic rings. The average Bonchev–Trinajstić information content (AvgIpc) is 3.75. The van der Waals surface area contributed by atoms with Gasteiger partial charge in [-0.15, -0.1) is 11.3 Å². The molecule has 0 saturated carbocycles. The first-order chi connectivity index (χ1) is 28.6. The lowest BCUT2D eigenvalue weighted by Crippen LogP contribution is -2.70. The van der Waals surface area contributed by atoms with E-state index in [4.69, 9.17) is 40.2 Å². The van der Waals surface area contributed by atoms with Gasteiger partial charge in [-0.1, -0.05) is 86.6 Å². The molecule has 0 amide bonds. The Morgan fingerprint density at radius 2 is 1.75 bits per heavy atom. The Bertz CT molecular complexity index is 2210. The van der Waals surface area contributed by atoms with Crippen LogP contribution in [0.3, 0.4) is 0 Å². The van der Waals surface area contributed by atoms with E-state index in [1.807, 2.05) is 24.0 Å². The predicted octanol–water partition coefficient (Wildman–Crippen LogP) is 4.88. The second kappa shape index (κ2) is 17.2. The highest BCUT2D eigenvalue weighted by Crippen LogP contribution is 2.46. The van der Waals surface area contributed by atoms with E-state index in [0.29, 0.717) is 54.8 Å². The molecule has 318 valence electrons. The van der Waals surface area contributed by atoms with Crippen molar-refractivity contribution in [1.29, 1.82) is 5.26 Å². The minimum atomic E-state index is -3.02. The van der Waals surface area contributed by atoms with Gasteiger partial charge in [0.1, 0.15) is 17.2 Å². The Kier molecular flexibility index (Phi) is 12.4. The second-order valence-corrected chi connectivity index (χ2v) is 23.1. The summed E-state index contributed by atoms with van der Waals surface area (Å²) in [4.78, 5) is 39.0. The molecule has 4 atom stereocenters. The number of anilines is 2. The van der Waals surface area contributed by atoms with Crippen molar-refractivity contribution < 1.29 is 23.5 Å². The highest BCUT2D eigenvalue weighted by atomic mass is 32.1. The van der Waals surface area contributed by atoms with Crippen LogP contribution in [0.4, 0.5) is 10.9 Å². The minimum absolute atomic E-state index is 0.0125. The van der Waals surface area contributed by atoms with Crippen LogP contribution in [-0.2, 0) is 30.6 Å². The van der Waals surface area contributed by atoms with Crippen molar-refractivity contribution in [3.05, 3.63) is 82.5 Å². The summed E-state index contributed by atoms with van der Waals surface area (Å²) in [7, 11) is -0.927. The first-order valence-electron chi connectivity index (χ1n) is 20.7. The number of oxime groups is 1. The van der Waals surface area contributed by atoms with Gasteiger partial charge in [0.05, 0.1) is 36.3 Å². The monoisotopic (exact) mass is 851 g/mol. The number of ether oxygens (including phenoxy) is 2. The molecule has 2 fully saturated rings. The van der Waals surface area contributed by atoms with Gasteiger partial charge in [0.2, 0.25) is 17.6 Å². The number of likely N-dealkylation sites (N-methyl/N-ethyl adjacent to an activating group) is 1. The molecule has 0 radical (unpaired) electrons. The molecule has 2 aromatic carbocycles. The van der Waals surface area contributed by atoms with Crippen LogP contribution >= 0.6 is 11.3 Å². The predicted molar refractivity (Wildman–Crippen MR) is 236 cm³/mol. The molecular weight excluding hydrogens is 795 g/mol. The second-order valence-electron chi connectivity index (χ2n) is 17.7. The molecule has 0 bridgehead atoms. The molecule has 16 heteroatoms. The fourth-order valence-electron chi connectivity index (χ4n) is 9.20. The summed E-state index contributed by atoms with van der Waals surface area (Å²) in [6.45, 7) is 15.1. The Morgan fingerprint density at radius 1 is 1.07 bits per heavy atom. The van der Waals surface area contributed by atoms with Gasteiger partial charge >= 0.3 is 12.0 Å². The van der Waals surface area contributed by atoms with Crippen LogP contribution in [0.15, 0.2) is 65.8 Å². The summed E-state index contributed by atoms with van der Waals surface area (Å²) < 4.78 is 20.5. The fraction of sp³-hybridized carbons (Fsp3) is 0.500. The highest BCUT2D eigenvalue weighted by Gasteiger charge is 2.54. The van der Waals surface area contributed by atoms with Gasteiger partial charge in [0, 0.05) is 23.0 Å². The van der Waals surface area contributed by atoms with E-state index in [2.05, 4.69) is 104 Å². The molecule has 2 aliphatic heterocycles. The molecule has 3 aliphatic rings. The Hall–Kier alpha value is -4.92. The Balaban J connectivity index is 1.24. The summed E-state index contributed by atoms with van der Waals surface area (Å²) in [6.07, 6.45) is 3.72. The summed E-state index contributed by atoms with van der Waals surface area (Å²) >= 11 is 1.34. The number of hydrogen-bond donors (Lipinski definition) is 2. The lowest BCUT2D eigenvalue weighted by molar-refractivity contribution is -0.150. The third-order valence-electron chi connectivity index (χ3n) is 12.2. The third-order valence-corrected chi connectivity index (χ3v) is 18.5. The van der Waals surface area contributed by atoms with E-state index in [0.717, 1.165) is 47.5 Å². The number of fused-ring (bicyclic) bond motifs is 1. The highest BCUT2D eigenvalue weighted by molar-refractivity contribution is 7.16. The molecule has 1 aliphatic carbocycles. The molecule has 2 saturated heterocycles. The quantitative estimate of drug-likeness (QED) is 0.0685. The number of carbonyl (C=O) groups is 1. The summed E-state index contributed by atoms with van der Waals surface area (Å²) in [5.74, 6) is -0.595. The number of nitrogen functional groups attached to an aromatic ring is 1. The number of nitrogens with two attached hydrogens (primary N) is 2. The van der Waals surface area contributed by atoms with Crippen molar-refractivity contribution in [2.45, 2.75) is 102 Å². The maximum absolute atomic E-state index is 13.9. The van der Waals surface area contributed by atoms with Gasteiger partial charge in [-0.2, -0.15) is 20.2 Å². The average molecular weight is 852 g/mol. The number of aromatic nitrogens is 3. The van der Waals surface area contributed by atoms with E-state index in [1.165, 1.54) is 11.3 Å². The van der Waals surface area contributed by atoms with Gasteiger partial charge < -0.3 is 35.1 Å². The third kappa shape index (κ3) is 8.38. The lowest BCUT2D eigenvalue weighted by atomic mass is 9.72. The lowest BCUT2D eigenvalue weighted by Gasteiger charge is -2.48. The van der Waals surface area contributed by atoms with Crippen LogP contribution in [0.5, 0.6) is 6.01 Å². The first kappa shape index (κ1) is 43.2. The van der Waals surface area contributed by atoms with Gasteiger partial charge in [-0.05, 0) is 81.9 Å². The Morgan fingerprint density at radius 3 is 2.37 bits per heavy atom. The van der Waals surface area contributed by atoms with Crippen LogP contribution in [0, 0.1) is 11.3 Å². The van der Waals surface area contributed by atoms with Crippen molar-refractivity contribution in [2.75, 3.05) is 50.5 Å². The first-order valence-corrected chi connectivity index (χ1v) is 23.4. The number of likely N-dealkylation sites (tertiary alicyclic amines) is 1. The van der Waals surface area contributed by atoms with E-state index in [9.17, 15) is 10.1 Å². The maximum Gasteiger partial charge on any atom is 0.345 e. The van der Waals surface area contributed by atoms with Crippen LogP contribution < -0.4 is 31.5 Å².